The van der Waals surface area contributed by atoms with E-state index < -0.39 is 0 Å². The number of H-pyrrole nitrogens is 1. The third-order valence-corrected chi connectivity index (χ3v) is 2.90. The maximum absolute atomic E-state index is 5.53. The molecule has 3 rings (SSSR count). The average Bonchev–Trinajstić information content (AvgIpc) is 2.98. The highest BCUT2D eigenvalue weighted by molar-refractivity contribution is 5.89. The Kier molecular flexibility index (Phi) is 2.52. The minimum Gasteiger partial charge on any atom is -0.346 e. The molecule has 18 heavy (non-hydrogen) atoms. The van der Waals surface area contributed by atoms with Crippen LogP contribution in [0.15, 0.2) is 18.6 Å². The standard InChI is InChI=1S/C11H13N7/c1-7-9(16-17-18(7)5-3-12)10-8-2-4-13-11(8)15-6-14-10/h2,4,6H,3,5,12H2,1H3,(H,13,14,15). The van der Waals surface area contributed by atoms with Crippen LogP contribution in [0.4, 0.5) is 0 Å². The number of rotatable bonds is 3. The van der Waals surface area contributed by atoms with Gasteiger partial charge in [-0.3, -0.25) is 0 Å². The molecule has 3 heterocycles. The van der Waals surface area contributed by atoms with Crippen molar-refractivity contribution in [2.24, 2.45) is 5.73 Å². The van der Waals surface area contributed by atoms with Crippen molar-refractivity contribution >= 4 is 11.0 Å². The number of hydrogen-bond donors (Lipinski definition) is 2. The van der Waals surface area contributed by atoms with Crippen LogP contribution in [0.1, 0.15) is 5.69 Å². The molecule has 0 unspecified atom stereocenters. The second-order valence-corrected chi connectivity index (χ2v) is 4.00. The molecular weight excluding hydrogens is 230 g/mol. The van der Waals surface area contributed by atoms with Crippen molar-refractivity contribution in [3.63, 3.8) is 0 Å². The summed E-state index contributed by atoms with van der Waals surface area (Å²) in [7, 11) is 0. The summed E-state index contributed by atoms with van der Waals surface area (Å²) in [6.45, 7) is 3.15. The van der Waals surface area contributed by atoms with Gasteiger partial charge in [0.2, 0.25) is 0 Å². The fourth-order valence-electron chi connectivity index (χ4n) is 1.97. The summed E-state index contributed by atoms with van der Waals surface area (Å²) < 4.78 is 1.79. The summed E-state index contributed by atoms with van der Waals surface area (Å²) in [4.78, 5) is 11.5. The SMILES string of the molecule is Cc1c(-c2ncnc3[nH]ccc23)nnn1CCN. The molecule has 0 aliphatic rings. The number of nitrogens with one attached hydrogen (secondary N) is 1. The monoisotopic (exact) mass is 243 g/mol. The Labute approximate surface area is 103 Å². The molecule has 0 amide bonds. The van der Waals surface area contributed by atoms with Gasteiger partial charge in [0, 0.05) is 18.1 Å². The van der Waals surface area contributed by atoms with Crippen LogP contribution in [0.2, 0.25) is 0 Å². The lowest BCUT2D eigenvalue weighted by Gasteiger charge is -2.01. The van der Waals surface area contributed by atoms with Crippen LogP contribution in [0.3, 0.4) is 0 Å². The number of nitrogens with two attached hydrogens (primary N) is 1. The van der Waals surface area contributed by atoms with E-state index in [-0.39, 0.29) is 0 Å². The van der Waals surface area contributed by atoms with E-state index in [1.165, 1.54) is 6.33 Å². The van der Waals surface area contributed by atoms with Crippen molar-refractivity contribution in [3.8, 4) is 11.4 Å². The smallest absolute Gasteiger partial charge is 0.141 e. The molecule has 0 saturated carbocycles. The molecule has 0 aromatic carbocycles. The van der Waals surface area contributed by atoms with E-state index in [0.717, 1.165) is 28.1 Å². The van der Waals surface area contributed by atoms with E-state index in [0.29, 0.717) is 13.1 Å². The quantitative estimate of drug-likeness (QED) is 0.697. The van der Waals surface area contributed by atoms with Crippen LogP contribution < -0.4 is 5.73 Å². The molecule has 92 valence electrons. The molecule has 7 heteroatoms. The first-order valence-electron chi connectivity index (χ1n) is 5.70. The van der Waals surface area contributed by atoms with E-state index in [2.05, 4.69) is 25.3 Å². The first-order chi connectivity index (χ1) is 8.81. The van der Waals surface area contributed by atoms with Crippen molar-refractivity contribution in [2.45, 2.75) is 13.5 Å². The number of fused-ring (bicyclic) bond motifs is 1. The highest BCUT2D eigenvalue weighted by Gasteiger charge is 2.15. The van der Waals surface area contributed by atoms with E-state index in [9.17, 15) is 0 Å². The predicted molar refractivity (Wildman–Crippen MR) is 66.7 cm³/mol. The molecule has 0 saturated heterocycles. The number of aromatic nitrogens is 6. The van der Waals surface area contributed by atoms with E-state index in [1.54, 1.807) is 4.68 Å². The van der Waals surface area contributed by atoms with Crippen LogP contribution in [0.25, 0.3) is 22.4 Å². The molecule has 3 aromatic rings. The second-order valence-electron chi connectivity index (χ2n) is 4.00. The maximum Gasteiger partial charge on any atom is 0.141 e. The normalized spacial score (nSPS) is 11.2. The van der Waals surface area contributed by atoms with Crippen molar-refractivity contribution in [2.75, 3.05) is 6.54 Å². The molecule has 0 fully saturated rings. The highest BCUT2D eigenvalue weighted by atomic mass is 15.4. The zero-order valence-electron chi connectivity index (χ0n) is 9.96. The van der Waals surface area contributed by atoms with E-state index >= 15 is 0 Å². The summed E-state index contributed by atoms with van der Waals surface area (Å²) in [5.74, 6) is 0. The average molecular weight is 243 g/mol. The summed E-state index contributed by atoms with van der Waals surface area (Å²) in [5.41, 5.74) is 8.86. The lowest BCUT2D eigenvalue weighted by molar-refractivity contribution is 0.584. The molecule has 0 spiro atoms. The Morgan fingerprint density at radius 2 is 2.22 bits per heavy atom. The fraction of sp³-hybridized carbons (Fsp3) is 0.273. The van der Waals surface area contributed by atoms with Crippen LogP contribution in [0.5, 0.6) is 0 Å². The largest absolute Gasteiger partial charge is 0.346 e. The highest BCUT2D eigenvalue weighted by Crippen LogP contribution is 2.25. The molecule has 0 aliphatic carbocycles. The molecule has 0 bridgehead atoms. The summed E-state index contributed by atoms with van der Waals surface area (Å²) in [6.07, 6.45) is 3.36. The van der Waals surface area contributed by atoms with Gasteiger partial charge in [-0.25, -0.2) is 14.6 Å². The van der Waals surface area contributed by atoms with Crippen LogP contribution in [-0.2, 0) is 6.54 Å². The Balaban J connectivity index is 2.17. The zero-order valence-corrected chi connectivity index (χ0v) is 9.96. The molecule has 7 nitrogen and oxygen atoms in total. The zero-order chi connectivity index (χ0) is 12.5. The fourth-order valence-corrected chi connectivity index (χ4v) is 1.97. The summed E-state index contributed by atoms with van der Waals surface area (Å²) in [6, 6.07) is 1.94. The lowest BCUT2D eigenvalue weighted by Crippen LogP contribution is -2.12. The topological polar surface area (TPSA) is 98.3 Å². The Bertz CT molecular complexity index is 682. The van der Waals surface area contributed by atoms with Gasteiger partial charge in [-0.1, -0.05) is 5.21 Å². The minimum atomic E-state index is 0.535. The Hall–Kier alpha value is -2.28. The third kappa shape index (κ3) is 1.56. The Morgan fingerprint density at radius 1 is 1.33 bits per heavy atom. The van der Waals surface area contributed by atoms with Gasteiger partial charge in [-0.05, 0) is 13.0 Å². The van der Waals surface area contributed by atoms with Crippen molar-refractivity contribution in [1.29, 1.82) is 0 Å². The van der Waals surface area contributed by atoms with Crippen LogP contribution >= 0.6 is 0 Å². The van der Waals surface area contributed by atoms with Crippen LogP contribution in [0, 0.1) is 6.92 Å². The van der Waals surface area contributed by atoms with E-state index in [4.69, 9.17) is 5.73 Å². The summed E-state index contributed by atoms with van der Waals surface area (Å²) in [5, 5.41) is 9.22. The van der Waals surface area contributed by atoms with Gasteiger partial charge >= 0.3 is 0 Å². The molecule has 3 N–H and O–H groups in total. The van der Waals surface area contributed by atoms with Crippen molar-refractivity contribution in [1.82, 2.24) is 29.9 Å². The van der Waals surface area contributed by atoms with E-state index in [1.807, 2.05) is 19.2 Å². The number of aromatic amines is 1. The van der Waals surface area contributed by atoms with Gasteiger partial charge in [-0.15, -0.1) is 5.10 Å². The number of hydrogen-bond acceptors (Lipinski definition) is 5. The molecule has 0 aliphatic heterocycles. The lowest BCUT2D eigenvalue weighted by atomic mass is 10.2. The van der Waals surface area contributed by atoms with Gasteiger partial charge in [0.25, 0.3) is 0 Å². The molecule has 3 aromatic heterocycles. The maximum atomic E-state index is 5.53. The first kappa shape index (κ1) is 10.8. The van der Waals surface area contributed by atoms with Gasteiger partial charge in [0.15, 0.2) is 0 Å². The van der Waals surface area contributed by atoms with Crippen LogP contribution in [-0.4, -0.2) is 36.5 Å². The predicted octanol–water partition coefficient (Wildman–Crippen LogP) is 0.484. The van der Waals surface area contributed by atoms with Gasteiger partial charge in [0.05, 0.1) is 12.2 Å². The number of nitrogens with zero attached hydrogens (tertiary/aromatic N) is 5. The molecular formula is C11H13N7. The van der Waals surface area contributed by atoms with Crippen molar-refractivity contribution < 1.29 is 0 Å². The van der Waals surface area contributed by atoms with Gasteiger partial charge < -0.3 is 10.7 Å². The second kappa shape index (κ2) is 4.19. The van der Waals surface area contributed by atoms with Gasteiger partial charge in [-0.2, -0.15) is 0 Å². The Morgan fingerprint density at radius 3 is 3.06 bits per heavy atom. The molecule has 0 radical (unpaired) electrons. The van der Waals surface area contributed by atoms with Gasteiger partial charge in [0.1, 0.15) is 23.4 Å². The summed E-state index contributed by atoms with van der Waals surface area (Å²) >= 11 is 0. The van der Waals surface area contributed by atoms with Crippen molar-refractivity contribution in [3.05, 3.63) is 24.3 Å². The molecule has 0 atom stereocenters. The third-order valence-electron chi connectivity index (χ3n) is 2.90. The first-order valence-corrected chi connectivity index (χ1v) is 5.70. The minimum absolute atomic E-state index is 0.535.